The Morgan fingerprint density at radius 2 is 2.13 bits per heavy atom. The van der Waals surface area contributed by atoms with Crippen LogP contribution in [0, 0.1) is 0 Å². The van der Waals surface area contributed by atoms with Crippen LogP contribution in [0.4, 0.5) is 0 Å². The molecule has 0 unspecified atom stereocenters. The Labute approximate surface area is 93.2 Å². The molecule has 0 amide bonds. The zero-order valence-electron chi connectivity index (χ0n) is 8.39. The summed E-state index contributed by atoms with van der Waals surface area (Å²) in [7, 11) is -3.57. The average molecular weight is 247 g/mol. The van der Waals surface area contributed by atoms with Crippen molar-refractivity contribution in [3.8, 4) is 0 Å². The fraction of sp³-hybridized carbons (Fsp3) is 0.444. The minimum Gasteiger partial charge on any atom is -0.300 e. The van der Waals surface area contributed by atoms with Gasteiger partial charge in [0, 0.05) is 11.3 Å². The van der Waals surface area contributed by atoms with Crippen molar-refractivity contribution in [2.45, 2.75) is 30.4 Å². The maximum absolute atomic E-state index is 11.0. The van der Waals surface area contributed by atoms with E-state index in [2.05, 4.69) is 0 Å². The predicted molar refractivity (Wildman–Crippen MR) is 59.3 cm³/mol. The zero-order valence-corrected chi connectivity index (χ0v) is 10.0. The molecule has 0 saturated carbocycles. The SMILES string of the molecule is CC(=O)CCCc1ccc(S(N)(=O)=O)s1. The number of ketones is 1. The van der Waals surface area contributed by atoms with E-state index < -0.39 is 10.0 Å². The van der Waals surface area contributed by atoms with E-state index in [1.165, 1.54) is 17.4 Å². The molecule has 1 heterocycles. The molecule has 0 aliphatic rings. The molecule has 84 valence electrons. The smallest absolute Gasteiger partial charge is 0.247 e. The van der Waals surface area contributed by atoms with Crippen LogP contribution < -0.4 is 5.14 Å². The zero-order chi connectivity index (χ0) is 11.5. The number of nitrogens with two attached hydrogens (primary N) is 1. The topological polar surface area (TPSA) is 77.2 Å². The van der Waals surface area contributed by atoms with Crippen LogP contribution >= 0.6 is 11.3 Å². The number of hydrogen-bond acceptors (Lipinski definition) is 4. The quantitative estimate of drug-likeness (QED) is 0.852. The average Bonchev–Trinajstić information content (AvgIpc) is 2.51. The minimum absolute atomic E-state index is 0.151. The van der Waals surface area contributed by atoms with E-state index in [1.54, 1.807) is 13.0 Å². The summed E-state index contributed by atoms with van der Waals surface area (Å²) in [5.41, 5.74) is 0. The second-order valence-electron chi connectivity index (χ2n) is 3.32. The van der Waals surface area contributed by atoms with Gasteiger partial charge in [-0.05, 0) is 31.9 Å². The van der Waals surface area contributed by atoms with Gasteiger partial charge >= 0.3 is 0 Å². The number of hydrogen-bond donors (Lipinski definition) is 1. The van der Waals surface area contributed by atoms with Crippen LogP contribution in [0.5, 0.6) is 0 Å². The van der Waals surface area contributed by atoms with Crippen molar-refractivity contribution >= 4 is 27.1 Å². The molecule has 2 N–H and O–H groups in total. The summed E-state index contributed by atoms with van der Waals surface area (Å²) in [5, 5.41) is 4.98. The minimum atomic E-state index is -3.57. The molecule has 0 atom stereocenters. The van der Waals surface area contributed by atoms with Crippen LogP contribution in [0.3, 0.4) is 0 Å². The fourth-order valence-corrected chi connectivity index (χ4v) is 2.98. The van der Waals surface area contributed by atoms with Gasteiger partial charge in [-0.15, -0.1) is 11.3 Å². The lowest BCUT2D eigenvalue weighted by molar-refractivity contribution is -0.117. The molecule has 1 aromatic rings. The molecule has 0 aromatic carbocycles. The molecule has 0 saturated heterocycles. The Morgan fingerprint density at radius 3 is 2.60 bits per heavy atom. The predicted octanol–water partition coefficient (Wildman–Crippen LogP) is 1.31. The highest BCUT2D eigenvalue weighted by Gasteiger charge is 2.10. The number of Topliss-reactive ketones (excluding diaryl/α,β-unsaturated/α-hetero) is 1. The van der Waals surface area contributed by atoms with Gasteiger partial charge in [0.25, 0.3) is 0 Å². The van der Waals surface area contributed by atoms with E-state index in [4.69, 9.17) is 5.14 Å². The second kappa shape index (κ2) is 4.87. The van der Waals surface area contributed by atoms with Gasteiger partial charge in [-0.1, -0.05) is 0 Å². The Bertz CT molecular complexity index is 448. The first kappa shape index (κ1) is 12.4. The lowest BCUT2D eigenvalue weighted by Gasteiger charge is -1.94. The molecule has 1 aromatic heterocycles. The summed E-state index contributed by atoms with van der Waals surface area (Å²) in [5.74, 6) is 0.151. The number of sulfonamides is 1. The lowest BCUT2D eigenvalue weighted by atomic mass is 10.2. The summed E-state index contributed by atoms with van der Waals surface area (Å²) in [6.45, 7) is 1.55. The van der Waals surface area contributed by atoms with E-state index in [0.717, 1.165) is 17.7 Å². The Hall–Kier alpha value is -0.720. The first-order chi connectivity index (χ1) is 6.89. The Kier molecular flexibility index (Phi) is 4.01. The summed E-state index contributed by atoms with van der Waals surface area (Å²) >= 11 is 1.17. The molecule has 0 radical (unpaired) electrons. The van der Waals surface area contributed by atoms with Crippen LogP contribution in [-0.4, -0.2) is 14.2 Å². The molecular weight excluding hydrogens is 234 g/mol. The van der Waals surface area contributed by atoms with Gasteiger partial charge in [0.05, 0.1) is 0 Å². The fourth-order valence-electron chi connectivity index (χ4n) is 1.16. The maximum atomic E-state index is 11.0. The van der Waals surface area contributed by atoms with Crippen molar-refractivity contribution in [1.82, 2.24) is 0 Å². The van der Waals surface area contributed by atoms with Gasteiger partial charge in [0.2, 0.25) is 10.0 Å². The van der Waals surface area contributed by atoms with Crippen molar-refractivity contribution in [1.29, 1.82) is 0 Å². The highest BCUT2D eigenvalue weighted by Crippen LogP contribution is 2.21. The van der Waals surface area contributed by atoms with E-state index in [0.29, 0.717) is 6.42 Å². The summed E-state index contributed by atoms with van der Waals surface area (Å²) < 4.78 is 22.1. The van der Waals surface area contributed by atoms with Gasteiger partial charge in [0.1, 0.15) is 9.99 Å². The van der Waals surface area contributed by atoms with Crippen LogP contribution in [0.2, 0.25) is 0 Å². The normalized spacial score (nSPS) is 11.6. The summed E-state index contributed by atoms with van der Waals surface area (Å²) in [6.07, 6.45) is 2.00. The third-order valence-corrected chi connectivity index (χ3v) is 4.45. The van der Waals surface area contributed by atoms with Gasteiger partial charge < -0.3 is 4.79 Å². The third kappa shape index (κ3) is 4.11. The van der Waals surface area contributed by atoms with Gasteiger partial charge in [-0.2, -0.15) is 0 Å². The van der Waals surface area contributed by atoms with Crippen molar-refractivity contribution in [2.75, 3.05) is 0 Å². The molecule has 0 aliphatic heterocycles. The first-order valence-corrected chi connectivity index (χ1v) is 6.87. The van der Waals surface area contributed by atoms with Crippen molar-refractivity contribution in [3.63, 3.8) is 0 Å². The number of aryl methyl sites for hydroxylation is 1. The Morgan fingerprint density at radius 1 is 1.47 bits per heavy atom. The van der Waals surface area contributed by atoms with Gasteiger partial charge in [-0.3, -0.25) is 0 Å². The van der Waals surface area contributed by atoms with Gasteiger partial charge in [-0.25, -0.2) is 13.6 Å². The Balaban J connectivity index is 2.58. The van der Waals surface area contributed by atoms with Crippen LogP contribution in [0.25, 0.3) is 0 Å². The van der Waals surface area contributed by atoms with E-state index in [9.17, 15) is 13.2 Å². The molecule has 6 heteroatoms. The monoisotopic (exact) mass is 247 g/mol. The van der Waals surface area contributed by atoms with Crippen LogP contribution in [0.1, 0.15) is 24.6 Å². The number of thiophene rings is 1. The number of primary sulfonamides is 1. The standard InChI is InChI=1S/C9H13NO3S2/c1-7(11)3-2-4-8-5-6-9(14-8)15(10,12)13/h5-6H,2-4H2,1H3,(H2,10,12,13). The summed E-state index contributed by atoms with van der Waals surface area (Å²) in [4.78, 5) is 11.6. The van der Waals surface area contributed by atoms with Crippen molar-refractivity contribution in [2.24, 2.45) is 5.14 Å². The van der Waals surface area contributed by atoms with Gasteiger partial charge in [0.15, 0.2) is 0 Å². The highest BCUT2D eigenvalue weighted by molar-refractivity contribution is 7.91. The molecule has 0 aliphatic carbocycles. The van der Waals surface area contributed by atoms with Crippen LogP contribution in [0.15, 0.2) is 16.3 Å². The molecule has 4 nitrogen and oxygen atoms in total. The van der Waals surface area contributed by atoms with Crippen molar-refractivity contribution in [3.05, 3.63) is 17.0 Å². The molecule has 0 spiro atoms. The summed E-state index contributed by atoms with van der Waals surface area (Å²) in [6, 6.07) is 3.24. The molecule has 0 bridgehead atoms. The maximum Gasteiger partial charge on any atom is 0.247 e. The third-order valence-electron chi connectivity index (χ3n) is 1.87. The van der Waals surface area contributed by atoms with E-state index in [1.807, 2.05) is 0 Å². The molecule has 15 heavy (non-hydrogen) atoms. The van der Waals surface area contributed by atoms with Crippen molar-refractivity contribution < 1.29 is 13.2 Å². The number of rotatable bonds is 5. The first-order valence-electron chi connectivity index (χ1n) is 4.50. The van der Waals surface area contributed by atoms with Crippen LogP contribution in [-0.2, 0) is 21.2 Å². The number of carbonyl (C=O) groups is 1. The lowest BCUT2D eigenvalue weighted by Crippen LogP contribution is -2.09. The molecular formula is C9H13NO3S2. The molecule has 0 fully saturated rings. The van der Waals surface area contributed by atoms with E-state index in [-0.39, 0.29) is 9.99 Å². The second-order valence-corrected chi connectivity index (χ2v) is 6.28. The molecule has 1 rings (SSSR count). The van der Waals surface area contributed by atoms with E-state index >= 15 is 0 Å². The largest absolute Gasteiger partial charge is 0.300 e. The highest BCUT2D eigenvalue weighted by atomic mass is 32.2. The number of carbonyl (C=O) groups excluding carboxylic acids is 1.